The Morgan fingerprint density at radius 1 is 1.24 bits per heavy atom. The zero-order valence-electron chi connectivity index (χ0n) is 16.6. The molecule has 6 heteroatoms. The SMILES string of the molecule is Cl.O=C(CC1OCCc2ccccc21)N(Cc1ccsc1)C1CC12CCNCC2. The van der Waals surface area contributed by atoms with Crippen LogP contribution in [0.1, 0.15) is 48.5 Å². The Labute approximate surface area is 183 Å². The summed E-state index contributed by atoms with van der Waals surface area (Å²) < 4.78 is 6.04. The summed E-state index contributed by atoms with van der Waals surface area (Å²) in [6, 6.07) is 11.0. The molecular formula is C23H29ClN2O2S. The maximum atomic E-state index is 13.5. The van der Waals surface area contributed by atoms with E-state index < -0.39 is 0 Å². The molecule has 0 bridgehead atoms. The van der Waals surface area contributed by atoms with Gasteiger partial charge in [-0.05, 0) is 77.7 Å². The van der Waals surface area contributed by atoms with Gasteiger partial charge in [0.2, 0.25) is 5.91 Å². The Morgan fingerprint density at radius 3 is 2.86 bits per heavy atom. The standard InChI is InChI=1S/C23H28N2O2S.ClH/c26-22(13-20-19-4-2-1-3-18(19)5-11-27-20)25(15-17-6-12-28-16-17)21-14-23(21)7-9-24-10-8-23;/h1-4,6,12,16,20-21,24H,5,7-11,13-15H2;1H. The van der Waals surface area contributed by atoms with E-state index in [1.165, 1.54) is 29.5 Å². The fourth-order valence-electron chi connectivity index (χ4n) is 5.10. The van der Waals surface area contributed by atoms with Gasteiger partial charge in [-0.25, -0.2) is 0 Å². The van der Waals surface area contributed by atoms with Gasteiger partial charge in [0.15, 0.2) is 0 Å². The minimum atomic E-state index is -0.106. The van der Waals surface area contributed by atoms with Crippen molar-refractivity contribution in [3.8, 4) is 0 Å². The van der Waals surface area contributed by atoms with Crippen molar-refractivity contribution in [2.45, 2.75) is 50.8 Å². The molecule has 1 aromatic carbocycles. The lowest BCUT2D eigenvalue weighted by Gasteiger charge is -2.32. The van der Waals surface area contributed by atoms with E-state index in [0.29, 0.717) is 24.5 Å². The first kappa shape index (κ1) is 20.9. The number of nitrogens with zero attached hydrogens (tertiary/aromatic N) is 1. The molecule has 1 aromatic heterocycles. The Bertz CT molecular complexity index is 835. The molecular weight excluding hydrogens is 404 g/mol. The summed E-state index contributed by atoms with van der Waals surface area (Å²) in [4.78, 5) is 15.7. The Balaban J connectivity index is 0.00000205. The van der Waals surface area contributed by atoms with Crippen LogP contribution in [0.15, 0.2) is 41.1 Å². The summed E-state index contributed by atoms with van der Waals surface area (Å²) in [6.45, 7) is 3.60. The highest BCUT2D eigenvalue weighted by atomic mass is 35.5. The zero-order chi connectivity index (χ0) is 19.0. The van der Waals surface area contributed by atoms with Crippen LogP contribution in [0.3, 0.4) is 0 Å². The summed E-state index contributed by atoms with van der Waals surface area (Å²) in [5, 5.41) is 7.74. The number of amides is 1. The first-order valence-corrected chi connectivity index (χ1v) is 11.4. The number of hydrogen-bond acceptors (Lipinski definition) is 4. The van der Waals surface area contributed by atoms with Crippen LogP contribution in [-0.2, 0) is 22.5 Å². The number of nitrogens with one attached hydrogen (secondary N) is 1. The number of thiophene rings is 1. The van der Waals surface area contributed by atoms with Crippen molar-refractivity contribution in [1.82, 2.24) is 10.2 Å². The molecule has 2 aromatic rings. The minimum Gasteiger partial charge on any atom is -0.373 e. The maximum absolute atomic E-state index is 13.5. The lowest BCUT2D eigenvalue weighted by Crippen LogP contribution is -2.39. The fraction of sp³-hybridized carbons (Fsp3) is 0.522. The summed E-state index contributed by atoms with van der Waals surface area (Å²) >= 11 is 1.71. The van der Waals surface area contributed by atoms with Crippen molar-refractivity contribution < 1.29 is 9.53 Å². The number of rotatable bonds is 5. The van der Waals surface area contributed by atoms with E-state index in [2.05, 4.69) is 51.3 Å². The lowest BCUT2D eigenvalue weighted by atomic mass is 9.93. The van der Waals surface area contributed by atoms with Gasteiger partial charge >= 0.3 is 0 Å². The van der Waals surface area contributed by atoms with E-state index in [1.54, 1.807) is 11.3 Å². The minimum absolute atomic E-state index is 0. The highest BCUT2D eigenvalue weighted by Crippen LogP contribution is 2.56. The lowest BCUT2D eigenvalue weighted by molar-refractivity contribution is -0.136. The van der Waals surface area contributed by atoms with Crippen LogP contribution in [0.25, 0.3) is 0 Å². The number of piperidine rings is 1. The van der Waals surface area contributed by atoms with E-state index in [1.807, 2.05) is 0 Å². The third-order valence-corrected chi connectivity index (χ3v) is 7.56. The van der Waals surface area contributed by atoms with Crippen LogP contribution in [0.2, 0.25) is 0 Å². The van der Waals surface area contributed by atoms with Crippen LogP contribution in [-0.4, -0.2) is 36.5 Å². The summed E-state index contributed by atoms with van der Waals surface area (Å²) in [6.07, 6.45) is 4.82. The molecule has 2 fully saturated rings. The van der Waals surface area contributed by atoms with Gasteiger partial charge in [0.05, 0.1) is 19.1 Å². The molecule has 156 valence electrons. The molecule has 1 aliphatic carbocycles. The third kappa shape index (κ3) is 4.24. The van der Waals surface area contributed by atoms with Crippen molar-refractivity contribution in [2.75, 3.05) is 19.7 Å². The van der Waals surface area contributed by atoms with E-state index in [9.17, 15) is 4.79 Å². The number of ether oxygens (including phenoxy) is 1. The second-order valence-electron chi connectivity index (χ2n) is 8.50. The fourth-order valence-corrected chi connectivity index (χ4v) is 5.76. The molecule has 1 N–H and O–H groups in total. The maximum Gasteiger partial charge on any atom is 0.226 e. The number of carbonyl (C=O) groups is 1. The predicted molar refractivity (Wildman–Crippen MR) is 119 cm³/mol. The number of fused-ring (bicyclic) bond motifs is 1. The Kier molecular flexibility index (Phi) is 6.30. The summed E-state index contributed by atoms with van der Waals surface area (Å²) in [5.41, 5.74) is 4.13. The van der Waals surface area contributed by atoms with Crippen LogP contribution in [0.5, 0.6) is 0 Å². The average Bonchev–Trinajstić information content (AvgIpc) is 3.14. The second-order valence-corrected chi connectivity index (χ2v) is 9.28. The normalized spacial score (nSPS) is 24.4. The van der Waals surface area contributed by atoms with E-state index in [4.69, 9.17) is 4.74 Å². The van der Waals surface area contributed by atoms with Crippen LogP contribution in [0.4, 0.5) is 0 Å². The zero-order valence-corrected chi connectivity index (χ0v) is 18.3. The summed E-state index contributed by atoms with van der Waals surface area (Å²) in [5.74, 6) is 0.244. The van der Waals surface area contributed by atoms with Crippen molar-refractivity contribution in [3.63, 3.8) is 0 Å². The molecule has 3 aliphatic rings. The number of benzene rings is 1. The molecule has 2 unspecified atom stereocenters. The Hall–Kier alpha value is -1.40. The van der Waals surface area contributed by atoms with Crippen molar-refractivity contribution in [2.24, 2.45) is 5.41 Å². The largest absolute Gasteiger partial charge is 0.373 e. The molecule has 5 rings (SSSR count). The van der Waals surface area contributed by atoms with Crippen molar-refractivity contribution in [1.29, 1.82) is 0 Å². The van der Waals surface area contributed by atoms with Gasteiger partial charge in [-0.3, -0.25) is 4.79 Å². The van der Waals surface area contributed by atoms with Crippen molar-refractivity contribution >= 4 is 29.7 Å². The number of carbonyl (C=O) groups excluding carboxylic acids is 1. The quantitative estimate of drug-likeness (QED) is 0.763. The van der Waals surface area contributed by atoms with Crippen LogP contribution >= 0.6 is 23.7 Å². The monoisotopic (exact) mass is 432 g/mol. The van der Waals surface area contributed by atoms with E-state index in [0.717, 1.165) is 32.5 Å². The number of halogens is 1. The van der Waals surface area contributed by atoms with Gasteiger partial charge in [-0.1, -0.05) is 24.3 Å². The highest BCUT2D eigenvalue weighted by molar-refractivity contribution is 7.07. The summed E-state index contributed by atoms with van der Waals surface area (Å²) in [7, 11) is 0. The van der Waals surface area contributed by atoms with Gasteiger partial charge in [0.25, 0.3) is 0 Å². The smallest absolute Gasteiger partial charge is 0.226 e. The molecule has 4 nitrogen and oxygen atoms in total. The molecule has 2 aliphatic heterocycles. The highest BCUT2D eigenvalue weighted by Gasteiger charge is 2.57. The topological polar surface area (TPSA) is 41.6 Å². The molecule has 2 atom stereocenters. The molecule has 1 saturated heterocycles. The molecule has 3 heterocycles. The van der Waals surface area contributed by atoms with Gasteiger partial charge in [-0.15, -0.1) is 12.4 Å². The van der Waals surface area contributed by atoms with Crippen LogP contribution < -0.4 is 5.32 Å². The first-order valence-electron chi connectivity index (χ1n) is 10.5. The van der Waals surface area contributed by atoms with Gasteiger partial charge in [0.1, 0.15) is 0 Å². The Morgan fingerprint density at radius 2 is 2.07 bits per heavy atom. The van der Waals surface area contributed by atoms with Gasteiger partial charge < -0.3 is 15.0 Å². The third-order valence-electron chi connectivity index (χ3n) is 6.83. The molecule has 1 spiro atoms. The second kappa shape index (κ2) is 8.76. The van der Waals surface area contributed by atoms with E-state index in [-0.39, 0.29) is 24.4 Å². The number of hydrogen-bond donors (Lipinski definition) is 1. The molecule has 1 amide bonds. The van der Waals surface area contributed by atoms with Gasteiger partial charge in [-0.2, -0.15) is 11.3 Å². The first-order chi connectivity index (χ1) is 13.8. The molecule has 0 radical (unpaired) electrons. The van der Waals surface area contributed by atoms with E-state index >= 15 is 0 Å². The average molecular weight is 433 g/mol. The molecule has 29 heavy (non-hydrogen) atoms. The van der Waals surface area contributed by atoms with Crippen molar-refractivity contribution in [3.05, 3.63) is 57.8 Å². The van der Waals surface area contributed by atoms with Gasteiger partial charge in [0, 0.05) is 12.6 Å². The molecule has 1 saturated carbocycles. The predicted octanol–water partition coefficient (Wildman–Crippen LogP) is 4.34. The van der Waals surface area contributed by atoms with Crippen LogP contribution in [0, 0.1) is 5.41 Å².